The zero-order valence-electron chi connectivity index (χ0n) is 14.6. The van der Waals surface area contributed by atoms with Gasteiger partial charge >= 0.3 is 0 Å². The minimum atomic E-state index is -0.837. The van der Waals surface area contributed by atoms with E-state index in [1.54, 1.807) is 0 Å². The quantitative estimate of drug-likeness (QED) is 0.775. The molecule has 2 saturated heterocycles. The predicted octanol–water partition coefficient (Wildman–Crippen LogP) is 1.17. The van der Waals surface area contributed by atoms with Gasteiger partial charge in [0.15, 0.2) is 17.9 Å². The SMILES string of the molecule is CCOC(C)OC1[C@H]2OC(C)(C)O[C@H]2C(O)[C@@H]2OC(C)(C)O[C@@H]12. The summed E-state index contributed by atoms with van der Waals surface area (Å²) in [5.41, 5.74) is 0. The predicted molar refractivity (Wildman–Crippen MR) is 79.6 cm³/mol. The second kappa shape index (κ2) is 5.91. The molecule has 0 aromatic heterocycles. The van der Waals surface area contributed by atoms with E-state index in [1.165, 1.54) is 0 Å². The van der Waals surface area contributed by atoms with Gasteiger partial charge in [-0.1, -0.05) is 0 Å². The van der Waals surface area contributed by atoms with E-state index in [0.717, 1.165) is 0 Å². The lowest BCUT2D eigenvalue weighted by Gasteiger charge is -2.41. The first-order valence-electron chi connectivity index (χ1n) is 8.30. The number of hydrogen-bond acceptors (Lipinski definition) is 7. The van der Waals surface area contributed by atoms with Crippen molar-refractivity contribution in [2.45, 2.75) is 96.0 Å². The maximum Gasteiger partial charge on any atom is 0.164 e. The van der Waals surface area contributed by atoms with E-state index in [0.29, 0.717) is 6.61 Å². The van der Waals surface area contributed by atoms with Crippen molar-refractivity contribution in [1.82, 2.24) is 0 Å². The fourth-order valence-electron chi connectivity index (χ4n) is 3.69. The molecular weight excluding hydrogens is 304 g/mol. The van der Waals surface area contributed by atoms with Crippen LogP contribution in [0.25, 0.3) is 0 Å². The lowest BCUT2D eigenvalue weighted by atomic mass is 9.85. The summed E-state index contributed by atoms with van der Waals surface area (Å²) < 4.78 is 35.3. The molecule has 2 aliphatic heterocycles. The third kappa shape index (κ3) is 3.28. The molecule has 3 rings (SSSR count). The summed E-state index contributed by atoms with van der Waals surface area (Å²) in [5, 5.41) is 10.7. The number of hydrogen-bond donors (Lipinski definition) is 1. The van der Waals surface area contributed by atoms with Crippen LogP contribution in [0.1, 0.15) is 41.5 Å². The van der Waals surface area contributed by atoms with E-state index >= 15 is 0 Å². The van der Waals surface area contributed by atoms with Gasteiger partial charge in [0.2, 0.25) is 0 Å². The largest absolute Gasteiger partial charge is 0.387 e. The lowest BCUT2D eigenvalue weighted by Crippen LogP contribution is -2.62. The van der Waals surface area contributed by atoms with Gasteiger partial charge < -0.3 is 33.5 Å². The third-order valence-electron chi connectivity index (χ3n) is 4.40. The van der Waals surface area contributed by atoms with Crippen molar-refractivity contribution >= 4 is 0 Å². The maximum atomic E-state index is 10.7. The molecule has 0 amide bonds. The zero-order valence-corrected chi connectivity index (χ0v) is 14.6. The highest BCUT2D eigenvalue weighted by molar-refractivity contribution is 5.08. The fourth-order valence-corrected chi connectivity index (χ4v) is 3.69. The molecule has 1 aliphatic carbocycles. The average molecular weight is 332 g/mol. The van der Waals surface area contributed by atoms with E-state index in [4.69, 9.17) is 28.4 Å². The Morgan fingerprint density at radius 3 is 1.78 bits per heavy atom. The molecule has 3 aliphatic rings. The Morgan fingerprint density at radius 2 is 1.35 bits per heavy atom. The Kier molecular flexibility index (Phi) is 4.51. The average Bonchev–Trinajstić information content (AvgIpc) is 2.91. The minimum Gasteiger partial charge on any atom is -0.387 e. The highest BCUT2D eigenvalue weighted by atomic mass is 16.8. The van der Waals surface area contributed by atoms with Gasteiger partial charge in [-0.2, -0.15) is 0 Å². The van der Waals surface area contributed by atoms with Crippen LogP contribution < -0.4 is 0 Å². The highest BCUT2D eigenvalue weighted by Crippen LogP contribution is 2.45. The summed E-state index contributed by atoms with van der Waals surface area (Å²) in [6.45, 7) is 11.6. The van der Waals surface area contributed by atoms with Crippen molar-refractivity contribution in [3.8, 4) is 0 Å². The van der Waals surface area contributed by atoms with Gasteiger partial charge in [0.1, 0.15) is 36.6 Å². The molecule has 0 aromatic carbocycles. The normalized spacial score (nSPS) is 45.5. The number of rotatable bonds is 4. The summed E-state index contributed by atoms with van der Waals surface area (Å²) in [4.78, 5) is 0. The van der Waals surface area contributed by atoms with Crippen molar-refractivity contribution in [1.29, 1.82) is 0 Å². The smallest absolute Gasteiger partial charge is 0.164 e. The van der Waals surface area contributed by atoms with E-state index in [-0.39, 0.29) is 0 Å². The van der Waals surface area contributed by atoms with Crippen molar-refractivity contribution < 1.29 is 33.5 Å². The van der Waals surface area contributed by atoms with Crippen LogP contribution in [0.4, 0.5) is 0 Å². The molecule has 134 valence electrons. The second-order valence-electron chi connectivity index (χ2n) is 7.24. The van der Waals surface area contributed by atoms with Crippen LogP contribution >= 0.6 is 0 Å². The van der Waals surface area contributed by atoms with Crippen molar-refractivity contribution in [3.05, 3.63) is 0 Å². The number of aliphatic hydroxyl groups excluding tert-OH is 1. The fraction of sp³-hybridized carbons (Fsp3) is 1.00. The molecule has 23 heavy (non-hydrogen) atoms. The second-order valence-corrected chi connectivity index (χ2v) is 7.24. The first-order valence-corrected chi connectivity index (χ1v) is 8.30. The molecule has 3 fully saturated rings. The first-order chi connectivity index (χ1) is 10.6. The van der Waals surface area contributed by atoms with Gasteiger partial charge in [0.05, 0.1) is 0 Å². The highest BCUT2D eigenvalue weighted by Gasteiger charge is 2.63. The van der Waals surface area contributed by atoms with Crippen molar-refractivity contribution in [2.24, 2.45) is 0 Å². The lowest BCUT2D eigenvalue weighted by molar-refractivity contribution is -0.240. The summed E-state index contributed by atoms with van der Waals surface area (Å²) >= 11 is 0. The van der Waals surface area contributed by atoms with Gasteiger partial charge in [0.25, 0.3) is 0 Å². The van der Waals surface area contributed by atoms with Crippen LogP contribution in [-0.4, -0.2) is 66.2 Å². The van der Waals surface area contributed by atoms with Gasteiger partial charge in [-0.25, -0.2) is 0 Å². The molecule has 1 saturated carbocycles. The molecular formula is C16H28O7. The number of ether oxygens (including phenoxy) is 6. The Balaban J connectivity index is 1.86. The summed E-state index contributed by atoms with van der Waals surface area (Å²) in [5.74, 6) is -1.58. The van der Waals surface area contributed by atoms with Crippen molar-refractivity contribution in [3.63, 3.8) is 0 Å². The van der Waals surface area contributed by atoms with Gasteiger partial charge in [0, 0.05) is 6.61 Å². The molecule has 0 aromatic rings. The Labute approximate surface area is 137 Å². The zero-order chi connectivity index (χ0) is 17.0. The summed E-state index contributed by atoms with van der Waals surface area (Å²) in [6.07, 6.45) is -3.64. The van der Waals surface area contributed by atoms with E-state index < -0.39 is 54.5 Å². The monoisotopic (exact) mass is 332 g/mol. The topological polar surface area (TPSA) is 75.6 Å². The molecule has 2 heterocycles. The molecule has 0 spiro atoms. The van der Waals surface area contributed by atoms with Gasteiger partial charge in [-0.05, 0) is 41.5 Å². The van der Waals surface area contributed by atoms with E-state index in [9.17, 15) is 5.11 Å². The molecule has 0 bridgehead atoms. The number of aliphatic hydroxyl groups is 1. The number of fused-ring (bicyclic) bond motifs is 2. The van der Waals surface area contributed by atoms with Crippen LogP contribution in [0.3, 0.4) is 0 Å². The molecule has 7 nitrogen and oxygen atoms in total. The maximum absolute atomic E-state index is 10.7. The Hall–Kier alpha value is -0.280. The van der Waals surface area contributed by atoms with Crippen LogP contribution in [0.15, 0.2) is 0 Å². The Bertz CT molecular complexity index is 406. The minimum absolute atomic E-state index is 0.416. The summed E-state index contributed by atoms with van der Waals surface area (Å²) in [7, 11) is 0. The molecule has 0 radical (unpaired) electrons. The van der Waals surface area contributed by atoms with Gasteiger partial charge in [-0.3, -0.25) is 0 Å². The van der Waals surface area contributed by atoms with Crippen molar-refractivity contribution in [2.75, 3.05) is 6.61 Å². The summed E-state index contributed by atoms with van der Waals surface area (Å²) in [6, 6.07) is 0. The Morgan fingerprint density at radius 1 is 0.913 bits per heavy atom. The molecule has 3 unspecified atom stereocenters. The first kappa shape index (κ1) is 17.5. The van der Waals surface area contributed by atoms with Crippen LogP contribution in [0, 0.1) is 0 Å². The van der Waals surface area contributed by atoms with Crippen LogP contribution in [0.2, 0.25) is 0 Å². The van der Waals surface area contributed by atoms with Crippen LogP contribution in [0.5, 0.6) is 0 Å². The van der Waals surface area contributed by atoms with E-state index in [1.807, 2.05) is 41.5 Å². The van der Waals surface area contributed by atoms with Crippen LogP contribution in [-0.2, 0) is 28.4 Å². The van der Waals surface area contributed by atoms with Gasteiger partial charge in [-0.15, -0.1) is 0 Å². The molecule has 7 atom stereocenters. The third-order valence-corrected chi connectivity index (χ3v) is 4.40. The molecule has 1 N–H and O–H groups in total. The molecule has 7 heteroatoms. The standard InChI is InChI=1S/C16H28O7/c1-7-18-8(2)19-12-13-10(20-15(3,4)22-13)9(17)11-14(12)23-16(5,6)21-11/h8-14,17H,7H2,1-6H3/t8?,9?,10-,11-,12?,13-,14+/m0/s1. The van der Waals surface area contributed by atoms with E-state index in [2.05, 4.69) is 0 Å².